The first-order valence-electron chi connectivity index (χ1n) is 8.35. The Bertz CT molecular complexity index is 413. The largest absolute Gasteiger partial charge is 0.480 e. The van der Waals surface area contributed by atoms with Gasteiger partial charge < -0.3 is 26.2 Å². The van der Waals surface area contributed by atoms with Crippen LogP contribution in [0, 0.1) is 11.8 Å². The van der Waals surface area contributed by atoms with Crippen LogP contribution in [0.1, 0.15) is 47.0 Å². The second-order valence-electron chi connectivity index (χ2n) is 6.54. The minimum absolute atomic E-state index is 0.178. The lowest BCUT2D eigenvalue weighted by atomic mass is 10.0. The van der Waals surface area contributed by atoms with Crippen molar-refractivity contribution in [3.05, 3.63) is 0 Å². The van der Waals surface area contributed by atoms with Crippen LogP contribution in [0.25, 0.3) is 0 Å². The van der Waals surface area contributed by atoms with Crippen molar-refractivity contribution in [3.63, 3.8) is 0 Å². The molecule has 0 saturated carbocycles. The van der Waals surface area contributed by atoms with Gasteiger partial charge in [0.05, 0.1) is 6.61 Å². The highest BCUT2D eigenvalue weighted by molar-refractivity contribution is 5.89. The molecule has 0 aliphatic heterocycles. The summed E-state index contributed by atoms with van der Waals surface area (Å²) >= 11 is 0. The smallest absolute Gasteiger partial charge is 0.407 e. The lowest BCUT2D eigenvalue weighted by molar-refractivity contribution is -0.143. The number of amides is 2. The number of hydrogen-bond acceptors (Lipinski definition) is 5. The molecule has 0 aromatic carbocycles. The Kier molecular flexibility index (Phi) is 10.8. The minimum atomic E-state index is -1.11. The zero-order chi connectivity index (χ0) is 18.7. The summed E-state index contributed by atoms with van der Waals surface area (Å²) in [6.45, 7) is 7.93. The van der Waals surface area contributed by atoms with Crippen molar-refractivity contribution in [1.82, 2.24) is 10.6 Å². The van der Waals surface area contributed by atoms with E-state index in [-0.39, 0.29) is 18.4 Å². The van der Waals surface area contributed by atoms with Gasteiger partial charge in [0.2, 0.25) is 5.91 Å². The maximum atomic E-state index is 12.4. The molecule has 24 heavy (non-hydrogen) atoms. The summed E-state index contributed by atoms with van der Waals surface area (Å²) in [5, 5.41) is 14.2. The standard InChI is InChI=1S/C16H31N3O5/c1-10(2)9-24-16(23)18-12(7-5-6-8-17)14(20)19-13(11(3)4)15(21)22/h10-13H,5-9,17H2,1-4H3,(H,18,23)(H,19,20)(H,21,22). The Hall–Kier alpha value is -1.83. The molecule has 2 unspecified atom stereocenters. The van der Waals surface area contributed by atoms with E-state index >= 15 is 0 Å². The van der Waals surface area contributed by atoms with Gasteiger partial charge in [0.1, 0.15) is 12.1 Å². The molecular weight excluding hydrogens is 314 g/mol. The van der Waals surface area contributed by atoms with Crippen molar-refractivity contribution in [2.24, 2.45) is 17.6 Å². The molecular formula is C16H31N3O5. The Morgan fingerprint density at radius 2 is 1.71 bits per heavy atom. The van der Waals surface area contributed by atoms with Crippen molar-refractivity contribution >= 4 is 18.0 Å². The molecule has 0 spiro atoms. The number of nitrogens with one attached hydrogen (secondary N) is 2. The summed E-state index contributed by atoms with van der Waals surface area (Å²) in [5.74, 6) is -1.74. The molecule has 0 saturated heterocycles. The number of nitrogens with two attached hydrogens (primary N) is 1. The molecule has 0 rings (SSSR count). The lowest BCUT2D eigenvalue weighted by Gasteiger charge is -2.23. The highest BCUT2D eigenvalue weighted by Gasteiger charge is 2.28. The van der Waals surface area contributed by atoms with Crippen molar-refractivity contribution in [3.8, 4) is 0 Å². The maximum Gasteiger partial charge on any atom is 0.407 e. The third kappa shape index (κ3) is 9.34. The molecule has 5 N–H and O–H groups in total. The Morgan fingerprint density at radius 3 is 2.17 bits per heavy atom. The van der Waals surface area contributed by atoms with E-state index in [1.165, 1.54) is 0 Å². The van der Waals surface area contributed by atoms with Gasteiger partial charge in [-0.2, -0.15) is 0 Å². The molecule has 0 aromatic heterocycles. The molecule has 8 nitrogen and oxygen atoms in total. The molecule has 0 radical (unpaired) electrons. The fourth-order valence-corrected chi connectivity index (χ4v) is 1.96. The second-order valence-corrected chi connectivity index (χ2v) is 6.54. The average Bonchev–Trinajstić information content (AvgIpc) is 2.48. The van der Waals surface area contributed by atoms with Crippen molar-refractivity contribution in [2.75, 3.05) is 13.2 Å². The fourth-order valence-electron chi connectivity index (χ4n) is 1.96. The van der Waals surface area contributed by atoms with Crippen molar-refractivity contribution < 1.29 is 24.2 Å². The second kappa shape index (κ2) is 11.7. The molecule has 8 heteroatoms. The third-order valence-corrected chi connectivity index (χ3v) is 3.33. The molecule has 0 bridgehead atoms. The van der Waals surface area contributed by atoms with E-state index in [1.807, 2.05) is 13.8 Å². The third-order valence-electron chi connectivity index (χ3n) is 3.33. The van der Waals surface area contributed by atoms with Crippen LogP contribution in [0.2, 0.25) is 0 Å². The van der Waals surface area contributed by atoms with Gasteiger partial charge in [-0.1, -0.05) is 27.7 Å². The molecule has 2 amide bonds. The van der Waals surface area contributed by atoms with Crippen LogP contribution in [0.5, 0.6) is 0 Å². The van der Waals surface area contributed by atoms with Crippen LogP contribution in [0.3, 0.4) is 0 Å². The van der Waals surface area contributed by atoms with Gasteiger partial charge in [-0.15, -0.1) is 0 Å². The van der Waals surface area contributed by atoms with E-state index in [4.69, 9.17) is 10.5 Å². The van der Waals surface area contributed by atoms with Gasteiger partial charge in [0.15, 0.2) is 0 Å². The van der Waals surface area contributed by atoms with Crippen LogP contribution >= 0.6 is 0 Å². The summed E-state index contributed by atoms with van der Waals surface area (Å²) < 4.78 is 5.02. The fraction of sp³-hybridized carbons (Fsp3) is 0.812. The molecule has 140 valence electrons. The predicted octanol–water partition coefficient (Wildman–Crippen LogP) is 1.09. The number of carboxylic acids is 1. The van der Waals surface area contributed by atoms with Crippen LogP contribution in [0.15, 0.2) is 0 Å². The van der Waals surface area contributed by atoms with E-state index in [9.17, 15) is 19.5 Å². The lowest BCUT2D eigenvalue weighted by Crippen LogP contribution is -2.53. The number of alkyl carbamates (subject to hydrolysis) is 1. The predicted molar refractivity (Wildman–Crippen MR) is 90.4 cm³/mol. The van der Waals surface area contributed by atoms with Crippen LogP contribution in [-0.2, 0) is 14.3 Å². The Morgan fingerprint density at radius 1 is 1.08 bits per heavy atom. The summed E-state index contributed by atoms with van der Waals surface area (Å²) in [7, 11) is 0. The summed E-state index contributed by atoms with van der Waals surface area (Å²) in [6, 6.07) is -1.86. The van der Waals surface area contributed by atoms with Crippen LogP contribution < -0.4 is 16.4 Å². The number of rotatable bonds is 11. The van der Waals surface area contributed by atoms with Gasteiger partial charge in [-0.25, -0.2) is 9.59 Å². The Balaban J connectivity index is 4.80. The quantitative estimate of drug-likeness (QED) is 0.415. The molecule has 0 aromatic rings. The maximum absolute atomic E-state index is 12.4. The monoisotopic (exact) mass is 345 g/mol. The normalized spacial score (nSPS) is 13.5. The highest BCUT2D eigenvalue weighted by atomic mass is 16.5. The van der Waals surface area contributed by atoms with Crippen molar-refractivity contribution in [1.29, 1.82) is 0 Å². The number of carboxylic acid groups (broad SMARTS) is 1. The van der Waals surface area contributed by atoms with Crippen molar-refractivity contribution in [2.45, 2.75) is 59.0 Å². The van der Waals surface area contributed by atoms with E-state index in [2.05, 4.69) is 10.6 Å². The minimum Gasteiger partial charge on any atom is -0.480 e. The number of unbranched alkanes of at least 4 members (excludes halogenated alkanes) is 1. The van der Waals surface area contributed by atoms with E-state index in [0.717, 1.165) is 0 Å². The van der Waals surface area contributed by atoms with Gasteiger partial charge >= 0.3 is 12.1 Å². The zero-order valence-corrected chi connectivity index (χ0v) is 15.0. The molecule has 0 aliphatic carbocycles. The summed E-state index contributed by atoms with van der Waals surface area (Å²) in [4.78, 5) is 35.4. The van der Waals surface area contributed by atoms with Crippen LogP contribution in [-0.4, -0.2) is 48.3 Å². The summed E-state index contributed by atoms with van der Waals surface area (Å²) in [6.07, 6.45) is 1.02. The van der Waals surface area contributed by atoms with Crippen LogP contribution in [0.4, 0.5) is 4.79 Å². The molecule has 0 aliphatic rings. The first-order chi connectivity index (χ1) is 11.2. The highest BCUT2D eigenvalue weighted by Crippen LogP contribution is 2.06. The van der Waals surface area contributed by atoms with Gasteiger partial charge in [-0.05, 0) is 37.6 Å². The number of ether oxygens (including phenoxy) is 1. The van der Waals surface area contributed by atoms with E-state index < -0.39 is 30.1 Å². The zero-order valence-electron chi connectivity index (χ0n) is 15.0. The SMILES string of the molecule is CC(C)COC(=O)NC(CCCCN)C(=O)NC(C(=O)O)C(C)C. The van der Waals surface area contributed by atoms with E-state index in [1.54, 1.807) is 13.8 Å². The number of aliphatic carboxylic acids is 1. The molecule has 0 heterocycles. The molecule has 2 atom stereocenters. The first-order valence-corrected chi connectivity index (χ1v) is 8.35. The summed E-state index contributed by atoms with van der Waals surface area (Å²) in [5.41, 5.74) is 5.44. The Labute approximate surface area is 143 Å². The van der Waals surface area contributed by atoms with E-state index in [0.29, 0.717) is 25.8 Å². The topological polar surface area (TPSA) is 131 Å². The first kappa shape index (κ1) is 22.2. The number of hydrogen-bond donors (Lipinski definition) is 4. The number of carbonyl (C=O) groups excluding carboxylic acids is 2. The molecule has 0 fully saturated rings. The number of carbonyl (C=O) groups is 3. The average molecular weight is 345 g/mol. The van der Waals surface area contributed by atoms with Gasteiger partial charge in [-0.3, -0.25) is 4.79 Å². The van der Waals surface area contributed by atoms with Gasteiger partial charge in [0, 0.05) is 0 Å². The van der Waals surface area contributed by atoms with Gasteiger partial charge in [0.25, 0.3) is 0 Å².